The first-order valence-electron chi connectivity index (χ1n) is 5.27. The van der Waals surface area contributed by atoms with Gasteiger partial charge in [-0.25, -0.2) is 9.18 Å². The third kappa shape index (κ3) is 2.55. The summed E-state index contributed by atoms with van der Waals surface area (Å²) < 4.78 is 18.8. The monoisotopic (exact) mass is 282 g/mol. The van der Waals surface area contributed by atoms with Gasteiger partial charge in [0, 0.05) is 5.56 Å². The van der Waals surface area contributed by atoms with E-state index in [-0.39, 0.29) is 5.69 Å². The first-order valence-corrected chi connectivity index (χ1v) is 6.50. The summed E-state index contributed by atoms with van der Waals surface area (Å²) in [6, 6.07) is 3.96. The Hall–Kier alpha value is -2.02. The number of thioether (sulfide) groups is 1. The number of hydrogen-bond donors (Lipinski definition) is 2. The Balaban J connectivity index is 2.59. The van der Waals surface area contributed by atoms with E-state index in [0.29, 0.717) is 21.9 Å². The summed E-state index contributed by atoms with van der Waals surface area (Å²) in [7, 11) is 1.47. The van der Waals surface area contributed by atoms with Crippen LogP contribution >= 0.6 is 11.8 Å². The van der Waals surface area contributed by atoms with E-state index in [0.717, 1.165) is 0 Å². The lowest BCUT2D eigenvalue weighted by atomic mass is 10.1. The van der Waals surface area contributed by atoms with Crippen LogP contribution in [0.25, 0.3) is 11.3 Å². The van der Waals surface area contributed by atoms with Gasteiger partial charge in [-0.2, -0.15) is 5.10 Å². The molecule has 0 amide bonds. The molecule has 0 spiro atoms. The van der Waals surface area contributed by atoms with Crippen LogP contribution < -0.4 is 4.74 Å². The minimum absolute atomic E-state index is 0.0629. The van der Waals surface area contributed by atoms with Crippen molar-refractivity contribution in [1.82, 2.24) is 10.2 Å². The number of aromatic carboxylic acids is 1. The molecule has 5 nitrogen and oxygen atoms in total. The zero-order chi connectivity index (χ0) is 14.0. The molecule has 2 N–H and O–H groups in total. The van der Waals surface area contributed by atoms with Crippen molar-refractivity contribution in [2.24, 2.45) is 0 Å². The van der Waals surface area contributed by atoms with Crippen LogP contribution in [0.2, 0.25) is 0 Å². The molecule has 2 aromatic rings. The second-order valence-electron chi connectivity index (χ2n) is 3.66. The van der Waals surface area contributed by atoms with Gasteiger partial charge in [0.2, 0.25) is 0 Å². The van der Waals surface area contributed by atoms with E-state index in [1.54, 1.807) is 6.26 Å². The lowest BCUT2D eigenvalue weighted by Crippen LogP contribution is -1.95. The molecule has 100 valence electrons. The second-order valence-corrected chi connectivity index (χ2v) is 4.51. The quantitative estimate of drug-likeness (QED) is 0.843. The number of nitrogens with zero attached hydrogens (tertiary/aromatic N) is 1. The summed E-state index contributed by atoms with van der Waals surface area (Å²) in [5.41, 5.74) is 0.673. The molecule has 0 atom stereocenters. The number of H-pyrrole nitrogens is 1. The van der Waals surface area contributed by atoms with Crippen LogP contribution in [0, 0.1) is 5.82 Å². The Morgan fingerprint density at radius 1 is 1.47 bits per heavy atom. The summed E-state index contributed by atoms with van der Waals surface area (Å²) in [4.78, 5) is 11.4. The number of nitrogens with one attached hydrogen (secondary N) is 1. The largest absolute Gasteiger partial charge is 0.495 e. The van der Waals surface area contributed by atoms with Gasteiger partial charge in [0.15, 0.2) is 0 Å². The van der Waals surface area contributed by atoms with Crippen molar-refractivity contribution in [2.75, 3.05) is 13.4 Å². The molecular formula is C12H11FN2O3S. The van der Waals surface area contributed by atoms with Crippen LogP contribution in [0.3, 0.4) is 0 Å². The van der Waals surface area contributed by atoms with Gasteiger partial charge in [-0.05, 0) is 24.5 Å². The zero-order valence-corrected chi connectivity index (χ0v) is 11.0. The number of ether oxygens (including phenoxy) is 1. The van der Waals surface area contributed by atoms with Gasteiger partial charge in [-0.1, -0.05) is 0 Å². The normalized spacial score (nSPS) is 10.5. The predicted molar refractivity (Wildman–Crippen MR) is 69.3 cm³/mol. The molecule has 1 aromatic carbocycles. The lowest BCUT2D eigenvalue weighted by molar-refractivity contribution is 0.0690. The minimum Gasteiger partial charge on any atom is -0.495 e. The summed E-state index contributed by atoms with van der Waals surface area (Å²) >= 11 is 1.34. The van der Waals surface area contributed by atoms with Gasteiger partial charge in [-0.15, -0.1) is 11.8 Å². The minimum atomic E-state index is -1.13. The molecule has 0 saturated carbocycles. The van der Waals surface area contributed by atoms with Crippen molar-refractivity contribution in [3.63, 3.8) is 0 Å². The van der Waals surface area contributed by atoms with Crippen LogP contribution in [0.4, 0.5) is 4.39 Å². The Morgan fingerprint density at radius 3 is 2.74 bits per heavy atom. The first kappa shape index (κ1) is 13.4. The van der Waals surface area contributed by atoms with E-state index in [4.69, 9.17) is 9.84 Å². The van der Waals surface area contributed by atoms with Crippen molar-refractivity contribution in [3.05, 3.63) is 29.7 Å². The van der Waals surface area contributed by atoms with Gasteiger partial charge >= 0.3 is 5.97 Å². The molecule has 0 aliphatic rings. The number of carbonyl (C=O) groups is 1. The number of rotatable bonds is 4. The summed E-state index contributed by atoms with van der Waals surface area (Å²) in [6.45, 7) is 0. The molecule has 0 bridgehead atoms. The molecule has 7 heteroatoms. The smallest absolute Gasteiger partial charge is 0.353 e. The van der Waals surface area contributed by atoms with Crippen LogP contribution in [-0.2, 0) is 0 Å². The zero-order valence-electron chi connectivity index (χ0n) is 10.2. The Labute approximate surface area is 112 Å². The molecule has 0 radical (unpaired) electrons. The fourth-order valence-corrected chi connectivity index (χ4v) is 2.30. The van der Waals surface area contributed by atoms with Gasteiger partial charge in [0.1, 0.15) is 17.3 Å². The maximum absolute atomic E-state index is 13.6. The number of hydrogen-bond acceptors (Lipinski definition) is 4. The number of methoxy groups -OCH3 is 1. The van der Waals surface area contributed by atoms with E-state index in [1.807, 2.05) is 0 Å². The SMILES string of the molecule is COc1c(SC)cc(F)cc1-c1cc(C(=O)O)[nH]n1. The molecule has 0 unspecified atom stereocenters. The number of halogens is 1. The highest BCUT2D eigenvalue weighted by Gasteiger charge is 2.17. The molecule has 0 aliphatic carbocycles. The van der Waals surface area contributed by atoms with Gasteiger partial charge < -0.3 is 9.84 Å². The summed E-state index contributed by atoms with van der Waals surface area (Å²) in [5.74, 6) is -1.09. The molecule has 19 heavy (non-hydrogen) atoms. The Kier molecular flexibility index (Phi) is 3.75. The highest BCUT2D eigenvalue weighted by molar-refractivity contribution is 7.98. The van der Waals surface area contributed by atoms with E-state index in [9.17, 15) is 9.18 Å². The molecule has 1 aromatic heterocycles. The van der Waals surface area contributed by atoms with E-state index in [2.05, 4.69) is 10.2 Å². The summed E-state index contributed by atoms with van der Waals surface area (Å²) in [6.07, 6.45) is 1.80. The van der Waals surface area contributed by atoms with Crippen LogP contribution in [0.15, 0.2) is 23.1 Å². The van der Waals surface area contributed by atoms with Crippen LogP contribution in [0.1, 0.15) is 10.5 Å². The maximum Gasteiger partial charge on any atom is 0.353 e. The van der Waals surface area contributed by atoms with Crippen molar-refractivity contribution >= 4 is 17.7 Å². The fraction of sp³-hybridized carbons (Fsp3) is 0.167. The van der Waals surface area contributed by atoms with Crippen molar-refractivity contribution in [3.8, 4) is 17.0 Å². The number of aromatic nitrogens is 2. The molecule has 0 aliphatic heterocycles. The van der Waals surface area contributed by atoms with E-state index < -0.39 is 11.8 Å². The Bertz CT molecular complexity index is 627. The molecule has 0 saturated heterocycles. The van der Waals surface area contributed by atoms with Crippen LogP contribution in [0.5, 0.6) is 5.75 Å². The predicted octanol–water partition coefficient (Wildman–Crippen LogP) is 2.64. The number of benzene rings is 1. The average Bonchev–Trinajstić information content (AvgIpc) is 2.87. The van der Waals surface area contributed by atoms with Crippen molar-refractivity contribution < 1.29 is 19.0 Å². The standard InChI is InChI=1S/C12H11FN2O3S/c1-18-11-7(3-6(13)4-10(11)19-2)8-5-9(12(16)17)15-14-8/h3-5H,1-2H3,(H,14,15)(H,16,17). The second kappa shape index (κ2) is 5.31. The maximum atomic E-state index is 13.6. The summed E-state index contributed by atoms with van der Waals surface area (Å²) in [5, 5.41) is 15.1. The number of carboxylic acids is 1. The van der Waals surface area contributed by atoms with Crippen LogP contribution in [-0.4, -0.2) is 34.6 Å². The van der Waals surface area contributed by atoms with Gasteiger partial charge in [0.05, 0.1) is 17.7 Å². The lowest BCUT2D eigenvalue weighted by Gasteiger charge is -2.10. The third-order valence-electron chi connectivity index (χ3n) is 2.53. The highest BCUT2D eigenvalue weighted by Crippen LogP contribution is 2.37. The molecule has 0 fully saturated rings. The highest BCUT2D eigenvalue weighted by atomic mass is 32.2. The fourth-order valence-electron chi connectivity index (χ4n) is 1.69. The van der Waals surface area contributed by atoms with Gasteiger partial charge in [-0.3, -0.25) is 5.10 Å². The van der Waals surface area contributed by atoms with Crippen molar-refractivity contribution in [1.29, 1.82) is 0 Å². The topological polar surface area (TPSA) is 75.2 Å². The van der Waals surface area contributed by atoms with Gasteiger partial charge in [0.25, 0.3) is 0 Å². The first-order chi connectivity index (χ1) is 9.06. The average molecular weight is 282 g/mol. The third-order valence-corrected chi connectivity index (χ3v) is 3.27. The number of carboxylic acid groups (broad SMARTS) is 1. The van der Waals surface area contributed by atoms with E-state index in [1.165, 1.54) is 37.1 Å². The Morgan fingerprint density at radius 2 is 2.21 bits per heavy atom. The molecular weight excluding hydrogens is 271 g/mol. The number of aromatic amines is 1. The van der Waals surface area contributed by atoms with Crippen molar-refractivity contribution in [2.45, 2.75) is 4.90 Å². The molecule has 2 rings (SSSR count). The van der Waals surface area contributed by atoms with E-state index >= 15 is 0 Å². The molecule has 1 heterocycles.